The first-order valence-electron chi connectivity index (χ1n) is 6.44. The van der Waals surface area contributed by atoms with Gasteiger partial charge in [-0.25, -0.2) is 8.42 Å². The van der Waals surface area contributed by atoms with Crippen LogP contribution in [0, 0.1) is 17.2 Å². The predicted molar refractivity (Wildman–Crippen MR) is 76.8 cm³/mol. The lowest BCUT2D eigenvalue weighted by Crippen LogP contribution is -2.27. The fourth-order valence-corrected chi connectivity index (χ4v) is 2.55. The topological polar surface area (TPSA) is 70.4 Å². The van der Waals surface area contributed by atoms with Crippen LogP contribution in [-0.2, 0) is 10.0 Å². The smallest absolute Gasteiger partial charge is 0.243 e. The van der Waals surface area contributed by atoms with Gasteiger partial charge in [0.05, 0.1) is 17.6 Å². The molecule has 0 atom stereocenters. The Labute approximate surface area is 120 Å². The van der Waals surface area contributed by atoms with Gasteiger partial charge in [0.15, 0.2) is 0 Å². The van der Waals surface area contributed by atoms with Crippen molar-refractivity contribution in [2.24, 2.45) is 5.92 Å². The molecule has 0 heterocycles. The number of benzene rings is 1. The summed E-state index contributed by atoms with van der Waals surface area (Å²) in [5.74, 6) is 1.21. The van der Waals surface area contributed by atoms with Gasteiger partial charge in [0, 0.05) is 7.05 Å². The van der Waals surface area contributed by atoms with Gasteiger partial charge in [-0.2, -0.15) is 9.57 Å². The normalized spacial score (nSPS) is 11.6. The molecule has 0 aromatic heterocycles. The molecule has 0 saturated heterocycles. The third-order valence-corrected chi connectivity index (χ3v) is 4.61. The molecule has 0 aliphatic heterocycles. The van der Waals surface area contributed by atoms with Crippen molar-refractivity contribution in [1.82, 2.24) is 4.31 Å². The van der Waals surface area contributed by atoms with Gasteiger partial charge in [-0.15, -0.1) is 0 Å². The van der Waals surface area contributed by atoms with Crippen LogP contribution in [0.2, 0.25) is 0 Å². The highest BCUT2D eigenvalue weighted by atomic mass is 32.2. The zero-order chi connectivity index (χ0) is 15.2. The van der Waals surface area contributed by atoms with Crippen molar-refractivity contribution in [1.29, 1.82) is 5.26 Å². The van der Waals surface area contributed by atoms with Crippen LogP contribution in [-0.4, -0.2) is 32.9 Å². The van der Waals surface area contributed by atoms with Gasteiger partial charge < -0.3 is 4.74 Å². The van der Waals surface area contributed by atoms with Gasteiger partial charge in [-0.05, 0) is 36.6 Å². The van der Waals surface area contributed by atoms with Crippen LogP contribution in [0.5, 0.6) is 5.75 Å². The minimum atomic E-state index is -3.60. The van der Waals surface area contributed by atoms with E-state index in [1.54, 1.807) is 12.1 Å². The molecule has 0 aliphatic carbocycles. The zero-order valence-electron chi connectivity index (χ0n) is 12.0. The molecule has 0 saturated carbocycles. The number of sulfonamides is 1. The summed E-state index contributed by atoms with van der Waals surface area (Å²) in [6, 6.07) is 8.07. The summed E-state index contributed by atoms with van der Waals surface area (Å²) in [4.78, 5) is 0.159. The van der Waals surface area contributed by atoms with Gasteiger partial charge >= 0.3 is 0 Å². The predicted octanol–water partition coefficient (Wildman–Crippen LogP) is 2.26. The Balaban J connectivity index is 2.74. The van der Waals surface area contributed by atoms with Crippen molar-refractivity contribution < 1.29 is 13.2 Å². The maximum Gasteiger partial charge on any atom is 0.243 e. The molecular weight excluding hydrogens is 276 g/mol. The molecule has 20 heavy (non-hydrogen) atoms. The summed E-state index contributed by atoms with van der Waals surface area (Å²) in [6.07, 6.45) is 0.949. The Bertz CT molecular complexity index is 559. The molecule has 0 fully saturated rings. The van der Waals surface area contributed by atoms with E-state index in [2.05, 4.69) is 13.8 Å². The summed E-state index contributed by atoms with van der Waals surface area (Å²) in [7, 11) is -2.22. The molecule has 110 valence electrons. The Kier molecular flexibility index (Phi) is 5.99. The first-order valence-corrected chi connectivity index (χ1v) is 7.88. The molecule has 1 aromatic rings. The van der Waals surface area contributed by atoms with Crippen LogP contribution in [0.4, 0.5) is 0 Å². The Morgan fingerprint density at radius 3 is 2.40 bits per heavy atom. The molecule has 0 aliphatic rings. The molecule has 0 bridgehead atoms. The van der Waals surface area contributed by atoms with E-state index in [0.29, 0.717) is 18.3 Å². The first-order chi connectivity index (χ1) is 9.37. The Hall–Kier alpha value is -1.58. The lowest BCUT2D eigenvalue weighted by Gasteiger charge is -2.14. The average molecular weight is 296 g/mol. The van der Waals surface area contributed by atoms with E-state index >= 15 is 0 Å². The van der Waals surface area contributed by atoms with Crippen molar-refractivity contribution in [2.45, 2.75) is 25.2 Å². The van der Waals surface area contributed by atoms with E-state index in [1.165, 1.54) is 19.2 Å². The van der Waals surface area contributed by atoms with Crippen LogP contribution < -0.4 is 4.74 Å². The van der Waals surface area contributed by atoms with Crippen molar-refractivity contribution >= 4 is 10.0 Å². The SMILES string of the molecule is CC(C)CCOc1ccc(S(=O)(=O)N(C)CC#N)cc1. The molecule has 0 unspecified atom stereocenters. The first kappa shape index (κ1) is 16.5. The summed E-state index contributed by atoms with van der Waals surface area (Å²) in [6.45, 7) is 4.67. The lowest BCUT2D eigenvalue weighted by molar-refractivity contribution is 0.289. The van der Waals surface area contributed by atoms with E-state index in [0.717, 1.165) is 10.7 Å². The fourth-order valence-electron chi connectivity index (χ4n) is 1.48. The maximum atomic E-state index is 12.1. The Morgan fingerprint density at radius 1 is 1.30 bits per heavy atom. The summed E-state index contributed by atoms with van der Waals surface area (Å²) in [5, 5.41) is 8.56. The van der Waals surface area contributed by atoms with Crippen molar-refractivity contribution in [3.8, 4) is 11.8 Å². The van der Waals surface area contributed by atoms with Gasteiger partial charge in [-0.1, -0.05) is 13.8 Å². The van der Waals surface area contributed by atoms with E-state index in [9.17, 15) is 8.42 Å². The summed E-state index contributed by atoms with van der Waals surface area (Å²) >= 11 is 0. The van der Waals surface area contributed by atoms with Gasteiger partial charge in [-0.3, -0.25) is 0 Å². The van der Waals surface area contributed by atoms with Gasteiger partial charge in [0.2, 0.25) is 10.0 Å². The molecule has 5 nitrogen and oxygen atoms in total. The molecule has 1 aromatic carbocycles. The number of nitrogens with zero attached hydrogens (tertiary/aromatic N) is 2. The molecular formula is C14H20N2O3S. The van der Waals surface area contributed by atoms with Gasteiger partial charge in [0.25, 0.3) is 0 Å². The highest BCUT2D eigenvalue weighted by molar-refractivity contribution is 7.89. The second-order valence-electron chi connectivity index (χ2n) is 4.92. The molecule has 0 N–H and O–H groups in total. The number of ether oxygens (including phenoxy) is 1. The lowest BCUT2D eigenvalue weighted by atomic mass is 10.1. The maximum absolute atomic E-state index is 12.1. The third-order valence-electron chi connectivity index (χ3n) is 2.79. The van der Waals surface area contributed by atoms with Crippen LogP contribution in [0.25, 0.3) is 0 Å². The van der Waals surface area contributed by atoms with Crippen LogP contribution in [0.1, 0.15) is 20.3 Å². The number of hydrogen-bond acceptors (Lipinski definition) is 4. The second kappa shape index (κ2) is 7.27. The van der Waals surface area contributed by atoms with Crippen LogP contribution in [0.15, 0.2) is 29.2 Å². The number of rotatable bonds is 7. The second-order valence-corrected chi connectivity index (χ2v) is 6.97. The minimum absolute atomic E-state index is 0.159. The summed E-state index contributed by atoms with van der Waals surface area (Å²) < 4.78 is 30.7. The monoisotopic (exact) mass is 296 g/mol. The zero-order valence-corrected chi connectivity index (χ0v) is 12.9. The number of nitriles is 1. The molecule has 6 heteroatoms. The standard InChI is InChI=1S/C14H20N2O3S/c1-12(2)8-11-19-13-4-6-14(7-5-13)20(17,18)16(3)10-9-15/h4-7,12H,8,10-11H2,1-3H3. The van der Waals surface area contributed by atoms with Crippen molar-refractivity contribution in [3.63, 3.8) is 0 Å². The van der Waals surface area contributed by atoms with Crippen molar-refractivity contribution in [2.75, 3.05) is 20.2 Å². The van der Waals surface area contributed by atoms with Crippen molar-refractivity contribution in [3.05, 3.63) is 24.3 Å². The van der Waals surface area contributed by atoms with Crippen LogP contribution >= 0.6 is 0 Å². The largest absolute Gasteiger partial charge is 0.494 e. The highest BCUT2D eigenvalue weighted by Crippen LogP contribution is 2.19. The fraction of sp³-hybridized carbons (Fsp3) is 0.500. The average Bonchev–Trinajstić information content (AvgIpc) is 2.39. The van der Waals surface area contributed by atoms with E-state index in [4.69, 9.17) is 10.00 Å². The molecule has 1 rings (SSSR count). The van der Waals surface area contributed by atoms with Crippen LogP contribution in [0.3, 0.4) is 0 Å². The van der Waals surface area contributed by atoms with E-state index in [1.807, 2.05) is 6.07 Å². The van der Waals surface area contributed by atoms with Gasteiger partial charge in [0.1, 0.15) is 12.3 Å². The molecule has 0 spiro atoms. The summed E-state index contributed by atoms with van der Waals surface area (Å²) in [5.41, 5.74) is 0. The molecule has 0 amide bonds. The van der Waals surface area contributed by atoms with E-state index in [-0.39, 0.29) is 11.4 Å². The third kappa shape index (κ3) is 4.51. The number of hydrogen-bond donors (Lipinski definition) is 0. The Morgan fingerprint density at radius 2 is 1.90 bits per heavy atom. The van der Waals surface area contributed by atoms with E-state index < -0.39 is 10.0 Å². The quantitative estimate of drug-likeness (QED) is 0.724. The molecule has 0 radical (unpaired) electrons. The highest BCUT2D eigenvalue weighted by Gasteiger charge is 2.20. The minimum Gasteiger partial charge on any atom is -0.494 e.